The first-order valence-corrected chi connectivity index (χ1v) is 8.37. The SMILES string of the molecule is COc1cccc(CNC(=O)NC(CCC(=O)O)Cc2ccccc2)n1. The number of nitrogens with one attached hydrogen (secondary N) is 2. The van der Waals surface area contributed by atoms with E-state index >= 15 is 0 Å². The first-order chi connectivity index (χ1) is 12.6. The van der Waals surface area contributed by atoms with E-state index in [0.29, 0.717) is 24.4 Å². The van der Waals surface area contributed by atoms with Gasteiger partial charge in [-0.2, -0.15) is 0 Å². The lowest BCUT2D eigenvalue weighted by atomic mass is 10.0. The maximum Gasteiger partial charge on any atom is 0.315 e. The fraction of sp³-hybridized carbons (Fsp3) is 0.316. The van der Waals surface area contributed by atoms with Crippen molar-refractivity contribution in [1.29, 1.82) is 0 Å². The molecule has 1 atom stereocenters. The highest BCUT2D eigenvalue weighted by Crippen LogP contribution is 2.09. The third-order valence-corrected chi connectivity index (χ3v) is 3.79. The van der Waals surface area contributed by atoms with Crippen molar-refractivity contribution in [3.63, 3.8) is 0 Å². The van der Waals surface area contributed by atoms with Gasteiger partial charge in [0, 0.05) is 18.5 Å². The second-order valence-electron chi connectivity index (χ2n) is 5.82. The average molecular weight is 357 g/mol. The molecule has 138 valence electrons. The Hall–Kier alpha value is -3.09. The molecule has 1 unspecified atom stereocenters. The molecule has 2 amide bonds. The summed E-state index contributed by atoms with van der Waals surface area (Å²) >= 11 is 0. The van der Waals surface area contributed by atoms with Crippen LogP contribution in [0.1, 0.15) is 24.1 Å². The van der Waals surface area contributed by atoms with Crippen LogP contribution in [0.15, 0.2) is 48.5 Å². The lowest BCUT2D eigenvalue weighted by Gasteiger charge is -2.18. The number of nitrogens with zero attached hydrogens (tertiary/aromatic N) is 1. The van der Waals surface area contributed by atoms with Crippen LogP contribution < -0.4 is 15.4 Å². The Balaban J connectivity index is 1.90. The number of carboxylic acids is 1. The Kier molecular flexibility index (Phi) is 7.42. The van der Waals surface area contributed by atoms with E-state index in [9.17, 15) is 9.59 Å². The highest BCUT2D eigenvalue weighted by Gasteiger charge is 2.15. The minimum Gasteiger partial charge on any atom is -0.481 e. The fourth-order valence-electron chi connectivity index (χ4n) is 2.50. The van der Waals surface area contributed by atoms with Gasteiger partial charge < -0.3 is 20.5 Å². The molecule has 1 aromatic carbocycles. The zero-order chi connectivity index (χ0) is 18.8. The number of carboxylic acid groups (broad SMARTS) is 1. The quantitative estimate of drug-likeness (QED) is 0.640. The number of amides is 2. The number of methoxy groups -OCH3 is 1. The molecule has 0 aliphatic heterocycles. The molecule has 0 bridgehead atoms. The van der Waals surface area contributed by atoms with E-state index < -0.39 is 5.97 Å². The molecule has 0 fully saturated rings. The van der Waals surface area contributed by atoms with Crippen LogP contribution in [0, 0.1) is 0 Å². The predicted octanol–water partition coefficient (Wildman–Crippen LogP) is 2.37. The van der Waals surface area contributed by atoms with Gasteiger partial charge in [0.05, 0.1) is 19.3 Å². The molecule has 0 radical (unpaired) electrons. The molecular weight excluding hydrogens is 334 g/mol. The van der Waals surface area contributed by atoms with E-state index in [1.165, 1.54) is 7.11 Å². The van der Waals surface area contributed by atoms with Gasteiger partial charge in [0.15, 0.2) is 0 Å². The van der Waals surface area contributed by atoms with Crippen LogP contribution in [0.4, 0.5) is 4.79 Å². The standard InChI is InChI=1S/C19H23N3O4/c1-26-17-9-5-8-16(21-17)13-20-19(25)22-15(10-11-18(23)24)12-14-6-3-2-4-7-14/h2-9,15H,10-13H2,1H3,(H,23,24)(H2,20,22,25). The molecule has 7 heteroatoms. The van der Waals surface area contributed by atoms with Gasteiger partial charge in [-0.05, 0) is 24.5 Å². The van der Waals surface area contributed by atoms with Gasteiger partial charge >= 0.3 is 12.0 Å². The zero-order valence-corrected chi connectivity index (χ0v) is 14.6. The number of ether oxygens (including phenoxy) is 1. The number of hydrogen-bond donors (Lipinski definition) is 3. The van der Waals surface area contributed by atoms with Gasteiger partial charge in [-0.15, -0.1) is 0 Å². The summed E-state index contributed by atoms with van der Waals surface area (Å²) in [5.41, 5.74) is 1.71. The summed E-state index contributed by atoms with van der Waals surface area (Å²) in [6.45, 7) is 0.250. The van der Waals surface area contributed by atoms with Crippen molar-refractivity contribution >= 4 is 12.0 Å². The maximum absolute atomic E-state index is 12.2. The lowest BCUT2D eigenvalue weighted by molar-refractivity contribution is -0.137. The second kappa shape index (κ2) is 10.0. The number of rotatable bonds is 9. The minimum atomic E-state index is -0.883. The molecule has 0 aliphatic carbocycles. The van der Waals surface area contributed by atoms with Gasteiger partial charge in [-0.3, -0.25) is 4.79 Å². The Labute approximate surface area is 152 Å². The van der Waals surface area contributed by atoms with Gasteiger partial charge in [-0.25, -0.2) is 9.78 Å². The summed E-state index contributed by atoms with van der Waals surface area (Å²) in [6, 6.07) is 14.3. The van der Waals surface area contributed by atoms with Crippen molar-refractivity contribution in [3.8, 4) is 5.88 Å². The molecule has 1 aromatic heterocycles. The third kappa shape index (κ3) is 6.80. The van der Waals surface area contributed by atoms with E-state index in [1.54, 1.807) is 18.2 Å². The molecular formula is C19H23N3O4. The van der Waals surface area contributed by atoms with Crippen molar-refractivity contribution in [2.45, 2.75) is 31.8 Å². The number of urea groups is 1. The number of carbonyl (C=O) groups excluding carboxylic acids is 1. The van der Waals surface area contributed by atoms with E-state index in [4.69, 9.17) is 9.84 Å². The van der Waals surface area contributed by atoms with Crippen LogP contribution in [0.5, 0.6) is 5.88 Å². The first kappa shape index (κ1) is 19.2. The monoisotopic (exact) mass is 357 g/mol. The lowest BCUT2D eigenvalue weighted by Crippen LogP contribution is -2.43. The number of aromatic nitrogens is 1. The third-order valence-electron chi connectivity index (χ3n) is 3.79. The summed E-state index contributed by atoms with van der Waals surface area (Å²) < 4.78 is 5.05. The molecule has 0 saturated carbocycles. The number of hydrogen-bond acceptors (Lipinski definition) is 4. The topological polar surface area (TPSA) is 101 Å². The summed E-state index contributed by atoms with van der Waals surface area (Å²) in [5.74, 6) is -0.404. The summed E-state index contributed by atoms with van der Waals surface area (Å²) in [4.78, 5) is 27.3. The predicted molar refractivity (Wildman–Crippen MR) is 97.0 cm³/mol. The van der Waals surface area contributed by atoms with Crippen LogP contribution in [0.3, 0.4) is 0 Å². The van der Waals surface area contributed by atoms with Gasteiger partial charge in [0.1, 0.15) is 0 Å². The number of carbonyl (C=O) groups is 2. The molecule has 2 rings (SSSR count). The molecule has 0 saturated heterocycles. The molecule has 26 heavy (non-hydrogen) atoms. The van der Waals surface area contributed by atoms with Crippen molar-refractivity contribution in [2.75, 3.05) is 7.11 Å². The summed E-state index contributed by atoms with van der Waals surface area (Å²) in [7, 11) is 1.53. The van der Waals surface area contributed by atoms with Crippen LogP contribution >= 0.6 is 0 Å². The number of aliphatic carboxylic acids is 1. The Morgan fingerprint density at radius 1 is 1.15 bits per heavy atom. The average Bonchev–Trinajstić information content (AvgIpc) is 2.65. The summed E-state index contributed by atoms with van der Waals surface area (Å²) in [5, 5.41) is 14.5. The van der Waals surface area contributed by atoms with Crippen molar-refractivity contribution in [1.82, 2.24) is 15.6 Å². The van der Waals surface area contributed by atoms with E-state index in [1.807, 2.05) is 30.3 Å². The maximum atomic E-state index is 12.2. The highest BCUT2D eigenvalue weighted by atomic mass is 16.5. The molecule has 0 aliphatic rings. The van der Waals surface area contributed by atoms with Crippen molar-refractivity contribution in [2.24, 2.45) is 0 Å². The van der Waals surface area contributed by atoms with Gasteiger partial charge in [0.2, 0.25) is 5.88 Å². The van der Waals surface area contributed by atoms with Crippen molar-refractivity contribution in [3.05, 3.63) is 59.8 Å². The molecule has 3 N–H and O–H groups in total. The minimum absolute atomic E-state index is 0.00474. The van der Waals surface area contributed by atoms with E-state index in [0.717, 1.165) is 5.56 Å². The zero-order valence-electron chi connectivity index (χ0n) is 14.6. The second-order valence-corrected chi connectivity index (χ2v) is 5.82. The van der Waals surface area contributed by atoms with Crippen LogP contribution in [0.2, 0.25) is 0 Å². The molecule has 2 aromatic rings. The number of pyridine rings is 1. The number of benzene rings is 1. The van der Waals surface area contributed by atoms with Gasteiger partial charge in [0.25, 0.3) is 0 Å². The van der Waals surface area contributed by atoms with E-state index in [-0.39, 0.29) is 25.0 Å². The molecule has 0 spiro atoms. The molecule has 7 nitrogen and oxygen atoms in total. The smallest absolute Gasteiger partial charge is 0.315 e. The first-order valence-electron chi connectivity index (χ1n) is 8.37. The Bertz CT molecular complexity index is 722. The summed E-state index contributed by atoms with van der Waals surface area (Å²) in [6.07, 6.45) is 0.920. The largest absolute Gasteiger partial charge is 0.481 e. The normalized spacial score (nSPS) is 11.4. The fourth-order valence-corrected chi connectivity index (χ4v) is 2.50. The van der Waals surface area contributed by atoms with Crippen LogP contribution in [0.25, 0.3) is 0 Å². The van der Waals surface area contributed by atoms with E-state index in [2.05, 4.69) is 15.6 Å². The Morgan fingerprint density at radius 3 is 2.62 bits per heavy atom. The molecule has 1 heterocycles. The van der Waals surface area contributed by atoms with Crippen LogP contribution in [-0.4, -0.2) is 35.2 Å². The Morgan fingerprint density at radius 2 is 1.92 bits per heavy atom. The van der Waals surface area contributed by atoms with Crippen LogP contribution in [-0.2, 0) is 17.8 Å². The van der Waals surface area contributed by atoms with Gasteiger partial charge in [-0.1, -0.05) is 36.4 Å². The van der Waals surface area contributed by atoms with Crippen molar-refractivity contribution < 1.29 is 19.4 Å². The highest BCUT2D eigenvalue weighted by molar-refractivity contribution is 5.74.